The van der Waals surface area contributed by atoms with Crippen LogP contribution >= 0.6 is 0 Å². The van der Waals surface area contributed by atoms with Gasteiger partial charge in [0.25, 0.3) is 0 Å². The molecule has 4 nitrogen and oxygen atoms in total. The van der Waals surface area contributed by atoms with E-state index in [1.165, 1.54) is 11.1 Å². The van der Waals surface area contributed by atoms with E-state index in [2.05, 4.69) is 53.0 Å². The van der Waals surface area contributed by atoms with Crippen molar-refractivity contribution < 1.29 is 0 Å². The Morgan fingerprint density at radius 1 is 1.07 bits per heavy atom. The molecule has 134 valence electrons. The molecule has 0 radical (unpaired) electrons. The van der Waals surface area contributed by atoms with Crippen molar-refractivity contribution in [1.29, 1.82) is 5.26 Å². The standard InChI is InChI=1S/C23H22N4/c1-3-18-16(2)19(15-24)23-26-20-11-7-8-12-21(20)27(23)22(18)25-14-13-17-9-5-4-6-10-17/h4-12,25H,3,13-14H2,1-2H3. The van der Waals surface area contributed by atoms with Gasteiger partial charge in [0.2, 0.25) is 0 Å². The monoisotopic (exact) mass is 354 g/mol. The van der Waals surface area contributed by atoms with E-state index < -0.39 is 0 Å². The number of aromatic nitrogens is 2. The highest BCUT2D eigenvalue weighted by molar-refractivity contribution is 5.86. The number of hydrogen-bond acceptors (Lipinski definition) is 3. The smallest absolute Gasteiger partial charge is 0.157 e. The van der Waals surface area contributed by atoms with Gasteiger partial charge in [0, 0.05) is 6.54 Å². The van der Waals surface area contributed by atoms with E-state index in [1.54, 1.807) is 0 Å². The molecule has 2 aromatic carbocycles. The summed E-state index contributed by atoms with van der Waals surface area (Å²) >= 11 is 0. The summed E-state index contributed by atoms with van der Waals surface area (Å²) in [6.07, 6.45) is 1.80. The number of benzene rings is 2. The Bertz CT molecular complexity index is 1150. The number of rotatable bonds is 5. The minimum atomic E-state index is 0.664. The van der Waals surface area contributed by atoms with Crippen LogP contribution in [0.4, 0.5) is 5.82 Å². The molecule has 4 rings (SSSR count). The third-order valence-corrected chi connectivity index (χ3v) is 5.14. The molecule has 0 aliphatic rings. The van der Waals surface area contributed by atoms with Crippen LogP contribution in [0.2, 0.25) is 0 Å². The van der Waals surface area contributed by atoms with Crippen LogP contribution in [0.1, 0.15) is 29.2 Å². The van der Waals surface area contributed by atoms with Gasteiger partial charge < -0.3 is 5.32 Å². The van der Waals surface area contributed by atoms with Crippen LogP contribution in [0.3, 0.4) is 0 Å². The zero-order valence-corrected chi connectivity index (χ0v) is 15.7. The third-order valence-electron chi connectivity index (χ3n) is 5.14. The van der Waals surface area contributed by atoms with Gasteiger partial charge in [0.05, 0.1) is 16.6 Å². The highest BCUT2D eigenvalue weighted by Gasteiger charge is 2.19. The molecule has 0 spiro atoms. The second kappa shape index (κ2) is 7.13. The highest BCUT2D eigenvalue weighted by Crippen LogP contribution is 2.31. The van der Waals surface area contributed by atoms with Gasteiger partial charge in [-0.05, 0) is 48.6 Å². The van der Waals surface area contributed by atoms with Crippen LogP contribution in [-0.4, -0.2) is 15.9 Å². The summed E-state index contributed by atoms with van der Waals surface area (Å²) in [5.41, 5.74) is 6.83. The third kappa shape index (κ3) is 2.92. The van der Waals surface area contributed by atoms with Gasteiger partial charge in [0.1, 0.15) is 11.9 Å². The van der Waals surface area contributed by atoms with Gasteiger partial charge in [-0.2, -0.15) is 5.26 Å². The molecular formula is C23H22N4. The van der Waals surface area contributed by atoms with Crippen molar-refractivity contribution in [2.24, 2.45) is 0 Å². The molecule has 4 aromatic rings. The molecule has 0 saturated carbocycles. The Balaban J connectivity index is 1.86. The van der Waals surface area contributed by atoms with E-state index in [0.29, 0.717) is 5.56 Å². The first kappa shape index (κ1) is 17.1. The van der Waals surface area contributed by atoms with E-state index in [4.69, 9.17) is 4.98 Å². The molecule has 1 N–H and O–H groups in total. The SMILES string of the molecule is CCc1c(C)c(C#N)c2nc3ccccc3n2c1NCCc1ccccc1. The maximum absolute atomic E-state index is 9.75. The molecule has 0 bridgehead atoms. The zero-order chi connectivity index (χ0) is 18.8. The Morgan fingerprint density at radius 3 is 2.56 bits per heavy atom. The topological polar surface area (TPSA) is 53.1 Å². The Morgan fingerprint density at radius 2 is 1.81 bits per heavy atom. The predicted molar refractivity (Wildman–Crippen MR) is 110 cm³/mol. The summed E-state index contributed by atoms with van der Waals surface area (Å²) in [5.74, 6) is 1.05. The van der Waals surface area contributed by atoms with Crippen molar-refractivity contribution >= 4 is 22.5 Å². The Labute approximate surface area is 159 Å². The maximum Gasteiger partial charge on any atom is 0.157 e. The van der Waals surface area contributed by atoms with Crippen LogP contribution in [0.25, 0.3) is 16.7 Å². The van der Waals surface area contributed by atoms with E-state index in [9.17, 15) is 5.26 Å². The molecule has 4 heteroatoms. The highest BCUT2D eigenvalue weighted by atomic mass is 15.1. The van der Waals surface area contributed by atoms with Gasteiger partial charge in [-0.25, -0.2) is 4.98 Å². The van der Waals surface area contributed by atoms with Crippen LogP contribution in [-0.2, 0) is 12.8 Å². The second-order valence-corrected chi connectivity index (χ2v) is 6.71. The lowest BCUT2D eigenvalue weighted by molar-refractivity contribution is 0.972. The first-order valence-corrected chi connectivity index (χ1v) is 9.35. The van der Waals surface area contributed by atoms with Crippen molar-refractivity contribution in [3.05, 3.63) is 76.9 Å². The lowest BCUT2D eigenvalue weighted by Gasteiger charge is -2.18. The number of fused-ring (bicyclic) bond motifs is 3. The predicted octanol–water partition coefficient (Wildman–Crippen LogP) is 4.88. The van der Waals surface area contributed by atoms with Crippen molar-refractivity contribution in [1.82, 2.24) is 9.38 Å². The molecule has 2 aromatic heterocycles. The first-order chi connectivity index (χ1) is 13.2. The van der Waals surface area contributed by atoms with E-state index in [1.807, 2.05) is 31.2 Å². The number of nitrogens with one attached hydrogen (secondary N) is 1. The fourth-order valence-electron chi connectivity index (χ4n) is 3.77. The minimum absolute atomic E-state index is 0.664. The molecule has 0 fully saturated rings. The van der Waals surface area contributed by atoms with Crippen LogP contribution in [0.5, 0.6) is 0 Å². The number of para-hydroxylation sites is 2. The number of pyridine rings is 1. The fourth-order valence-corrected chi connectivity index (χ4v) is 3.77. The summed E-state index contributed by atoms with van der Waals surface area (Å²) in [6, 6.07) is 20.9. The van der Waals surface area contributed by atoms with E-state index in [-0.39, 0.29) is 0 Å². The number of nitriles is 1. The number of hydrogen-bond donors (Lipinski definition) is 1. The molecule has 0 atom stereocenters. The van der Waals surface area contributed by atoms with Crippen LogP contribution < -0.4 is 5.32 Å². The molecule has 2 heterocycles. The van der Waals surface area contributed by atoms with E-state index in [0.717, 1.165) is 47.4 Å². The Kier molecular flexibility index (Phi) is 4.52. The first-order valence-electron chi connectivity index (χ1n) is 9.35. The van der Waals surface area contributed by atoms with Gasteiger partial charge in [-0.1, -0.05) is 49.4 Å². The molecule has 0 aliphatic heterocycles. The fraction of sp³-hybridized carbons (Fsp3) is 0.217. The quantitative estimate of drug-likeness (QED) is 0.555. The average molecular weight is 354 g/mol. The molecule has 0 amide bonds. The van der Waals surface area contributed by atoms with Crippen LogP contribution in [0.15, 0.2) is 54.6 Å². The number of nitrogens with zero attached hydrogens (tertiary/aromatic N) is 3. The lowest BCUT2D eigenvalue weighted by atomic mass is 10.0. The summed E-state index contributed by atoms with van der Waals surface area (Å²) in [4.78, 5) is 4.75. The van der Waals surface area contributed by atoms with Crippen molar-refractivity contribution in [2.75, 3.05) is 11.9 Å². The van der Waals surface area contributed by atoms with Crippen molar-refractivity contribution in [2.45, 2.75) is 26.7 Å². The second-order valence-electron chi connectivity index (χ2n) is 6.71. The van der Waals surface area contributed by atoms with Crippen molar-refractivity contribution in [3.63, 3.8) is 0 Å². The molecule has 0 aliphatic carbocycles. The zero-order valence-electron chi connectivity index (χ0n) is 15.7. The molecular weight excluding hydrogens is 332 g/mol. The van der Waals surface area contributed by atoms with Gasteiger partial charge in [0.15, 0.2) is 5.65 Å². The molecule has 0 saturated heterocycles. The largest absolute Gasteiger partial charge is 0.371 e. The Hall–Kier alpha value is -3.32. The number of imidazole rings is 1. The summed E-state index contributed by atoms with van der Waals surface area (Å²) in [6.45, 7) is 4.99. The van der Waals surface area contributed by atoms with Gasteiger partial charge >= 0.3 is 0 Å². The van der Waals surface area contributed by atoms with Gasteiger partial charge in [-0.3, -0.25) is 4.40 Å². The van der Waals surface area contributed by atoms with Crippen molar-refractivity contribution in [3.8, 4) is 6.07 Å². The van der Waals surface area contributed by atoms with E-state index >= 15 is 0 Å². The average Bonchev–Trinajstić information content (AvgIpc) is 3.08. The summed E-state index contributed by atoms with van der Waals surface area (Å²) < 4.78 is 2.12. The van der Waals surface area contributed by atoms with Gasteiger partial charge in [-0.15, -0.1) is 0 Å². The lowest BCUT2D eigenvalue weighted by Crippen LogP contribution is -2.13. The normalized spacial score (nSPS) is 11.0. The number of anilines is 1. The summed E-state index contributed by atoms with van der Waals surface area (Å²) in [7, 11) is 0. The maximum atomic E-state index is 9.75. The minimum Gasteiger partial charge on any atom is -0.371 e. The summed E-state index contributed by atoms with van der Waals surface area (Å²) in [5, 5.41) is 13.4. The molecule has 0 unspecified atom stereocenters. The van der Waals surface area contributed by atoms with Crippen LogP contribution in [0, 0.1) is 18.3 Å². The molecule has 27 heavy (non-hydrogen) atoms.